The van der Waals surface area contributed by atoms with Gasteiger partial charge in [-0.3, -0.25) is 4.90 Å². The number of carbonyl (C=O) groups is 1. The summed E-state index contributed by atoms with van der Waals surface area (Å²) in [6.07, 6.45) is 4.59. The zero-order valence-electron chi connectivity index (χ0n) is 26.1. The van der Waals surface area contributed by atoms with Gasteiger partial charge in [-0.2, -0.15) is 0 Å². The largest absolute Gasteiger partial charge is 0.459 e. The van der Waals surface area contributed by atoms with E-state index in [0.717, 1.165) is 68.3 Å². The molecule has 10 nitrogen and oxygen atoms in total. The number of benzene rings is 2. The van der Waals surface area contributed by atoms with Crippen LogP contribution in [-0.4, -0.2) is 53.2 Å². The van der Waals surface area contributed by atoms with Crippen molar-refractivity contribution in [2.75, 3.05) is 26.3 Å². The average molecular weight is 652 g/mol. The van der Waals surface area contributed by atoms with Gasteiger partial charge in [0, 0.05) is 37.5 Å². The van der Waals surface area contributed by atoms with Gasteiger partial charge < -0.3 is 23.4 Å². The highest BCUT2D eigenvalue weighted by molar-refractivity contribution is 6.30. The molecule has 0 saturated carbocycles. The van der Waals surface area contributed by atoms with Gasteiger partial charge >= 0.3 is 11.9 Å². The van der Waals surface area contributed by atoms with Crippen LogP contribution in [0.15, 0.2) is 47.0 Å². The highest BCUT2D eigenvalue weighted by atomic mass is 35.5. The number of piperidine rings is 1. The first-order valence-electron chi connectivity index (χ1n) is 15.8. The molecule has 242 valence electrons. The number of nitrogens with one attached hydrogen (secondary N) is 1. The number of H-pyrrole nitrogens is 1. The highest BCUT2D eigenvalue weighted by Gasteiger charge is 2.43. The number of rotatable bonds is 9. The van der Waals surface area contributed by atoms with Gasteiger partial charge in [-0.25, -0.2) is 23.7 Å². The summed E-state index contributed by atoms with van der Waals surface area (Å²) in [5, 5.41) is 0.321. The van der Waals surface area contributed by atoms with E-state index in [1.165, 1.54) is 6.07 Å². The molecule has 0 spiro atoms. The fourth-order valence-electron chi connectivity index (χ4n) is 6.61. The van der Waals surface area contributed by atoms with Crippen LogP contribution in [0.25, 0.3) is 11.5 Å². The van der Waals surface area contributed by atoms with Crippen LogP contribution in [0.5, 0.6) is 11.5 Å². The van der Waals surface area contributed by atoms with Crippen LogP contribution in [0.3, 0.4) is 0 Å². The van der Waals surface area contributed by atoms with Crippen molar-refractivity contribution >= 4 is 17.6 Å². The maximum atomic E-state index is 14.9. The van der Waals surface area contributed by atoms with Gasteiger partial charge in [-0.1, -0.05) is 23.7 Å². The second kappa shape index (κ2) is 12.4. The van der Waals surface area contributed by atoms with Crippen molar-refractivity contribution in [1.29, 1.82) is 0 Å². The number of aromatic amines is 1. The Morgan fingerprint density at radius 1 is 1.22 bits per heavy atom. The Hall–Kier alpha value is -3.93. The van der Waals surface area contributed by atoms with Gasteiger partial charge in [0.05, 0.1) is 24.5 Å². The average Bonchev–Trinajstić information content (AvgIpc) is 3.71. The summed E-state index contributed by atoms with van der Waals surface area (Å²) in [5.41, 5.74) is 3.15. The predicted molar refractivity (Wildman–Crippen MR) is 165 cm³/mol. The van der Waals surface area contributed by atoms with Crippen LogP contribution < -0.4 is 14.0 Å². The number of para-hydroxylation sites is 1. The van der Waals surface area contributed by atoms with Gasteiger partial charge in [0.2, 0.25) is 5.69 Å². The summed E-state index contributed by atoms with van der Waals surface area (Å²) in [5.74, 6) is 0.675. The van der Waals surface area contributed by atoms with E-state index in [1.54, 1.807) is 32.2 Å². The molecule has 46 heavy (non-hydrogen) atoms. The summed E-state index contributed by atoms with van der Waals surface area (Å²) in [4.78, 5) is 22.3. The molecule has 2 aromatic heterocycles. The van der Waals surface area contributed by atoms with Crippen molar-refractivity contribution < 1.29 is 37.1 Å². The van der Waals surface area contributed by atoms with E-state index in [1.807, 2.05) is 19.1 Å². The molecule has 2 atom stereocenters. The predicted octanol–water partition coefficient (Wildman–Crippen LogP) is 6.05. The van der Waals surface area contributed by atoms with Crippen molar-refractivity contribution in [1.82, 2.24) is 14.9 Å². The molecule has 3 aliphatic heterocycles. The van der Waals surface area contributed by atoms with Crippen LogP contribution in [-0.2, 0) is 28.4 Å². The zero-order chi connectivity index (χ0) is 32.0. The first-order valence-corrected chi connectivity index (χ1v) is 16.1. The molecule has 1 N–H and O–H groups in total. The minimum absolute atomic E-state index is 0.0660. The van der Waals surface area contributed by atoms with Gasteiger partial charge in [0.25, 0.3) is 11.6 Å². The van der Waals surface area contributed by atoms with Gasteiger partial charge in [-0.05, 0) is 63.0 Å². The molecule has 0 aliphatic carbocycles. The summed E-state index contributed by atoms with van der Waals surface area (Å²) < 4.78 is 46.3. The van der Waals surface area contributed by atoms with E-state index in [9.17, 15) is 9.18 Å². The molecular formula is C34H37ClFN4O6+. The van der Waals surface area contributed by atoms with Gasteiger partial charge in [-0.15, -0.1) is 0 Å². The Balaban J connectivity index is 1.07. The van der Waals surface area contributed by atoms with Crippen LogP contribution in [0, 0.1) is 12.7 Å². The number of hydrogen-bond donors (Lipinski definition) is 1. The van der Waals surface area contributed by atoms with Gasteiger partial charge in [0.15, 0.2) is 23.0 Å². The lowest BCUT2D eigenvalue weighted by Gasteiger charge is -2.32. The van der Waals surface area contributed by atoms with Crippen LogP contribution in [0.4, 0.5) is 4.39 Å². The molecule has 0 radical (unpaired) electrons. The second-order valence-electron chi connectivity index (χ2n) is 12.2. The lowest BCUT2D eigenvalue weighted by Crippen LogP contribution is -2.49. The number of fused-ring (bicyclic) bond motifs is 1. The van der Waals surface area contributed by atoms with E-state index in [2.05, 4.69) is 25.5 Å². The molecule has 4 aromatic rings. The van der Waals surface area contributed by atoms with Crippen LogP contribution >= 0.6 is 11.6 Å². The number of aromatic nitrogens is 3. The third-order valence-corrected chi connectivity index (χ3v) is 9.41. The number of hydrogen-bond acceptors (Lipinski definition) is 8. The Labute approximate surface area is 271 Å². The third kappa shape index (κ3) is 5.76. The fraction of sp³-hybridized carbons (Fsp3) is 0.441. The summed E-state index contributed by atoms with van der Waals surface area (Å²) in [6.45, 7) is 9.73. The maximum absolute atomic E-state index is 14.9. The molecule has 7 rings (SSSR count). The van der Waals surface area contributed by atoms with Gasteiger partial charge in [0.1, 0.15) is 18.9 Å². The highest BCUT2D eigenvalue weighted by Crippen LogP contribution is 2.49. The summed E-state index contributed by atoms with van der Waals surface area (Å²) in [6, 6.07) is 10.5. The zero-order valence-corrected chi connectivity index (χ0v) is 26.9. The topological polar surface area (TPSA) is 103 Å². The minimum atomic E-state index is -1.28. The summed E-state index contributed by atoms with van der Waals surface area (Å²) >= 11 is 5.99. The number of esters is 1. The molecule has 3 aliphatic rings. The van der Waals surface area contributed by atoms with Crippen molar-refractivity contribution in [2.24, 2.45) is 0 Å². The standard InChI is InChI=1S/C34H36ClFN4O6/c1-4-42-33(41)32-37-17-28(44-32)30-20(2)40(18-23-12-15-43-23)29(38-30)19-39-13-10-21(11-14-39)24-6-5-7-27-31(24)46-34(3,45-27)25-9-8-22(35)16-26(25)36/h5-9,16-17,21,23H,4,10-15,18-19H2,1-3H3/p+1/t23-,34-/m0/s1. The number of oxazole rings is 1. The minimum Gasteiger partial charge on any atom is -0.459 e. The van der Waals surface area contributed by atoms with E-state index < -0.39 is 17.6 Å². The van der Waals surface area contributed by atoms with Crippen molar-refractivity contribution in [2.45, 2.75) is 70.9 Å². The Morgan fingerprint density at radius 3 is 2.74 bits per heavy atom. The number of ether oxygens (including phenoxy) is 4. The first kappa shape index (κ1) is 30.7. The van der Waals surface area contributed by atoms with Crippen molar-refractivity contribution in [3.8, 4) is 23.0 Å². The Morgan fingerprint density at radius 2 is 2.02 bits per heavy atom. The van der Waals surface area contributed by atoms with Crippen molar-refractivity contribution in [3.63, 3.8) is 0 Å². The molecular weight excluding hydrogens is 615 g/mol. The Kier molecular flexibility index (Phi) is 8.25. The number of carbonyl (C=O) groups excluding carboxylic acids is 1. The van der Waals surface area contributed by atoms with Crippen LogP contribution in [0.1, 0.15) is 72.4 Å². The SMILES string of the molecule is CCOC(=O)c1ncc(-c2[nH]c(CN3CCC(c4cccc5c4O[C@@](C)(c4ccc(Cl)cc4F)O5)CC3)[n+](C[C@@H]3CCO3)c2C)o1. The number of imidazole rings is 1. The van der Waals surface area contributed by atoms with E-state index in [0.29, 0.717) is 34.4 Å². The number of halogens is 2. The molecule has 12 heteroatoms. The third-order valence-electron chi connectivity index (χ3n) is 9.18. The normalized spacial score (nSPS) is 21.4. The molecule has 0 bridgehead atoms. The maximum Gasteiger partial charge on any atom is 0.394 e. The quantitative estimate of drug-likeness (QED) is 0.172. The molecule has 0 amide bonds. The Bertz CT molecular complexity index is 1760. The monoisotopic (exact) mass is 651 g/mol. The first-order chi connectivity index (χ1) is 22.2. The fourth-order valence-corrected chi connectivity index (χ4v) is 6.77. The van der Waals surface area contributed by atoms with Crippen LogP contribution in [0.2, 0.25) is 5.02 Å². The lowest BCUT2D eigenvalue weighted by atomic mass is 9.88. The van der Waals surface area contributed by atoms with E-state index in [-0.39, 0.29) is 24.5 Å². The number of nitrogens with zero attached hydrogens (tertiary/aromatic N) is 3. The molecule has 2 saturated heterocycles. The molecule has 5 heterocycles. The molecule has 2 fully saturated rings. The number of likely N-dealkylation sites (tertiary alicyclic amines) is 1. The summed E-state index contributed by atoms with van der Waals surface area (Å²) in [7, 11) is 0. The lowest BCUT2D eigenvalue weighted by molar-refractivity contribution is -0.718. The second-order valence-corrected chi connectivity index (χ2v) is 12.6. The smallest absolute Gasteiger partial charge is 0.394 e. The van der Waals surface area contributed by atoms with Crippen molar-refractivity contribution in [3.05, 3.63) is 82.0 Å². The molecule has 0 unspecified atom stereocenters. The van der Waals surface area contributed by atoms with E-state index in [4.69, 9.17) is 35.0 Å². The van der Waals surface area contributed by atoms with E-state index >= 15 is 0 Å². The molecule has 2 aromatic carbocycles.